The largest absolute Gasteiger partial charge is 0.321 e. The first-order chi connectivity index (χ1) is 11.6. The highest BCUT2D eigenvalue weighted by Gasteiger charge is 2.11. The van der Waals surface area contributed by atoms with Crippen molar-refractivity contribution in [3.8, 4) is 0 Å². The molecule has 120 valence electrons. The standard InChI is InChI=1S/C17H11ClFN3OS/c18-15-7-5-12(10-21-15)22-17(23)11-4-6-14(13(19)9-11)24-16-3-1-2-8-20-16/h1-10H,(H,22,23). The molecule has 2 heterocycles. The van der Waals surface area contributed by atoms with Crippen molar-refractivity contribution in [2.24, 2.45) is 0 Å². The van der Waals surface area contributed by atoms with E-state index in [1.54, 1.807) is 42.6 Å². The van der Waals surface area contributed by atoms with Crippen LogP contribution in [0.4, 0.5) is 10.1 Å². The molecule has 0 saturated carbocycles. The molecule has 0 aliphatic rings. The molecular weight excluding hydrogens is 349 g/mol. The number of nitrogens with one attached hydrogen (secondary N) is 1. The van der Waals surface area contributed by atoms with Gasteiger partial charge in [0.1, 0.15) is 16.0 Å². The predicted octanol–water partition coefficient (Wildman–Crippen LogP) is 4.67. The van der Waals surface area contributed by atoms with E-state index in [0.29, 0.717) is 20.8 Å². The maximum Gasteiger partial charge on any atom is 0.255 e. The number of amides is 1. The van der Waals surface area contributed by atoms with Gasteiger partial charge in [-0.15, -0.1) is 0 Å². The summed E-state index contributed by atoms with van der Waals surface area (Å²) < 4.78 is 14.2. The number of benzene rings is 1. The molecule has 24 heavy (non-hydrogen) atoms. The average Bonchev–Trinajstić information content (AvgIpc) is 2.59. The van der Waals surface area contributed by atoms with E-state index in [0.717, 1.165) is 0 Å². The molecule has 1 amide bonds. The molecule has 0 saturated heterocycles. The Morgan fingerprint density at radius 3 is 2.67 bits per heavy atom. The van der Waals surface area contributed by atoms with Crippen LogP contribution in [0.1, 0.15) is 10.4 Å². The van der Waals surface area contributed by atoms with E-state index in [-0.39, 0.29) is 5.56 Å². The number of carbonyl (C=O) groups excluding carboxylic acids is 1. The summed E-state index contributed by atoms with van der Waals surface area (Å²) in [6.07, 6.45) is 3.07. The fourth-order valence-corrected chi connectivity index (χ4v) is 2.79. The Hall–Kier alpha value is -2.44. The Morgan fingerprint density at radius 1 is 1.12 bits per heavy atom. The molecule has 0 atom stereocenters. The second-order valence-electron chi connectivity index (χ2n) is 4.74. The summed E-state index contributed by atoms with van der Waals surface area (Å²) in [6.45, 7) is 0. The SMILES string of the molecule is O=C(Nc1ccc(Cl)nc1)c1ccc(Sc2ccccn2)c(F)c1. The summed E-state index contributed by atoms with van der Waals surface area (Å²) >= 11 is 6.89. The van der Waals surface area contributed by atoms with Gasteiger partial charge in [0.25, 0.3) is 5.91 Å². The number of anilines is 1. The molecule has 7 heteroatoms. The number of nitrogens with zero attached hydrogens (tertiary/aromatic N) is 2. The van der Waals surface area contributed by atoms with E-state index in [1.165, 1.54) is 24.0 Å². The second-order valence-corrected chi connectivity index (χ2v) is 6.19. The third-order valence-corrected chi connectivity index (χ3v) is 4.26. The molecule has 0 aliphatic heterocycles. The van der Waals surface area contributed by atoms with Gasteiger partial charge in [0.15, 0.2) is 0 Å². The Bertz CT molecular complexity index is 859. The van der Waals surface area contributed by atoms with Gasteiger partial charge in [-0.05, 0) is 42.5 Å². The van der Waals surface area contributed by atoms with Gasteiger partial charge in [0, 0.05) is 16.7 Å². The zero-order valence-electron chi connectivity index (χ0n) is 12.2. The van der Waals surface area contributed by atoms with Crippen molar-refractivity contribution in [2.75, 3.05) is 5.32 Å². The van der Waals surface area contributed by atoms with Crippen molar-refractivity contribution in [1.82, 2.24) is 9.97 Å². The fourth-order valence-electron chi connectivity index (χ4n) is 1.90. The number of pyridine rings is 2. The topological polar surface area (TPSA) is 54.9 Å². The summed E-state index contributed by atoms with van der Waals surface area (Å²) in [4.78, 5) is 20.6. The Labute approximate surface area is 147 Å². The van der Waals surface area contributed by atoms with Gasteiger partial charge < -0.3 is 5.32 Å². The third kappa shape index (κ3) is 4.10. The summed E-state index contributed by atoms with van der Waals surface area (Å²) in [5, 5.41) is 3.65. The van der Waals surface area contributed by atoms with Gasteiger partial charge >= 0.3 is 0 Å². The van der Waals surface area contributed by atoms with Crippen molar-refractivity contribution in [2.45, 2.75) is 9.92 Å². The van der Waals surface area contributed by atoms with E-state index in [4.69, 9.17) is 11.6 Å². The number of aromatic nitrogens is 2. The average molecular weight is 360 g/mol. The van der Waals surface area contributed by atoms with Crippen molar-refractivity contribution < 1.29 is 9.18 Å². The van der Waals surface area contributed by atoms with Gasteiger partial charge in [-0.2, -0.15) is 0 Å². The maximum absolute atomic E-state index is 14.2. The van der Waals surface area contributed by atoms with E-state index in [9.17, 15) is 9.18 Å². The number of carbonyl (C=O) groups is 1. The van der Waals surface area contributed by atoms with E-state index < -0.39 is 11.7 Å². The zero-order valence-corrected chi connectivity index (χ0v) is 13.8. The molecule has 0 bridgehead atoms. The van der Waals surface area contributed by atoms with Crippen LogP contribution >= 0.6 is 23.4 Å². The van der Waals surface area contributed by atoms with Crippen LogP contribution in [0.5, 0.6) is 0 Å². The molecule has 3 aromatic rings. The van der Waals surface area contributed by atoms with Crippen LogP contribution in [0.3, 0.4) is 0 Å². The zero-order chi connectivity index (χ0) is 16.9. The second kappa shape index (κ2) is 7.42. The Balaban J connectivity index is 1.74. The van der Waals surface area contributed by atoms with Crippen LogP contribution in [0.2, 0.25) is 5.15 Å². The lowest BCUT2D eigenvalue weighted by Gasteiger charge is -2.07. The van der Waals surface area contributed by atoms with Crippen molar-refractivity contribution in [1.29, 1.82) is 0 Å². The number of rotatable bonds is 4. The quantitative estimate of drug-likeness (QED) is 0.687. The lowest BCUT2D eigenvalue weighted by Crippen LogP contribution is -2.12. The molecule has 0 unspecified atom stereocenters. The van der Waals surface area contributed by atoms with Gasteiger partial charge in [0.2, 0.25) is 0 Å². The first-order valence-electron chi connectivity index (χ1n) is 6.93. The lowest BCUT2D eigenvalue weighted by atomic mass is 10.2. The molecule has 1 N–H and O–H groups in total. The van der Waals surface area contributed by atoms with Crippen LogP contribution < -0.4 is 5.32 Å². The predicted molar refractivity (Wildman–Crippen MR) is 92.0 cm³/mol. The molecule has 0 spiro atoms. The fraction of sp³-hybridized carbons (Fsp3) is 0. The maximum atomic E-state index is 14.2. The van der Waals surface area contributed by atoms with Gasteiger partial charge in [0.05, 0.1) is 11.9 Å². The molecule has 1 aromatic carbocycles. The molecule has 0 aliphatic carbocycles. The highest BCUT2D eigenvalue weighted by atomic mass is 35.5. The lowest BCUT2D eigenvalue weighted by molar-refractivity contribution is 0.102. The molecule has 0 fully saturated rings. The minimum Gasteiger partial charge on any atom is -0.321 e. The van der Waals surface area contributed by atoms with Crippen LogP contribution in [0.25, 0.3) is 0 Å². The minimum atomic E-state index is -0.479. The highest BCUT2D eigenvalue weighted by molar-refractivity contribution is 7.99. The highest BCUT2D eigenvalue weighted by Crippen LogP contribution is 2.28. The molecule has 0 radical (unpaired) electrons. The third-order valence-electron chi connectivity index (χ3n) is 3.03. The van der Waals surface area contributed by atoms with E-state index >= 15 is 0 Å². The van der Waals surface area contributed by atoms with Crippen LogP contribution in [0, 0.1) is 5.82 Å². The van der Waals surface area contributed by atoms with Gasteiger partial charge in [-0.25, -0.2) is 14.4 Å². The normalized spacial score (nSPS) is 10.4. The molecular formula is C17H11ClFN3OS. The van der Waals surface area contributed by atoms with Crippen LogP contribution in [-0.4, -0.2) is 15.9 Å². The molecule has 3 rings (SSSR count). The first kappa shape index (κ1) is 16.4. The van der Waals surface area contributed by atoms with Gasteiger partial charge in [-0.3, -0.25) is 4.79 Å². The summed E-state index contributed by atoms with van der Waals surface area (Å²) in [5.41, 5.74) is 0.699. The summed E-state index contributed by atoms with van der Waals surface area (Å²) in [6, 6.07) is 12.9. The first-order valence-corrected chi connectivity index (χ1v) is 8.12. The summed E-state index contributed by atoms with van der Waals surface area (Å²) in [7, 11) is 0. The number of hydrogen-bond donors (Lipinski definition) is 1. The Kier molecular flexibility index (Phi) is 5.08. The van der Waals surface area contributed by atoms with Crippen molar-refractivity contribution in [3.63, 3.8) is 0 Å². The van der Waals surface area contributed by atoms with Crippen LogP contribution in [-0.2, 0) is 0 Å². The Morgan fingerprint density at radius 2 is 2.00 bits per heavy atom. The molecule has 4 nitrogen and oxygen atoms in total. The van der Waals surface area contributed by atoms with Crippen molar-refractivity contribution in [3.05, 3.63) is 77.5 Å². The number of hydrogen-bond acceptors (Lipinski definition) is 4. The monoisotopic (exact) mass is 359 g/mol. The smallest absolute Gasteiger partial charge is 0.255 e. The van der Waals surface area contributed by atoms with Gasteiger partial charge in [-0.1, -0.05) is 29.4 Å². The van der Waals surface area contributed by atoms with E-state index in [2.05, 4.69) is 15.3 Å². The number of halogens is 2. The molecule has 2 aromatic heterocycles. The minimum absolute atomic E-state index is 0.216. The van der Waals surface area contributed by atoms with E-state index in [1.807, 2.05) is 6.07 Å². The van der Waals surface area contributed by atoms with Crippen LogP contribution in [0.15, 0.2) is 70.8 Å². The van der Waals surface area contributed by atoms with Crippen molar-refractivity contribution >= 4 is 35.0 Å². The summed E-state index contributed by atoms with van der Waals surface area (Å²) in [5.74, 6) is -0.903.